The Hall–Kier alpha value is 1.95. The summed E-state index contributed by atoms with van der Waals surface area (Å²) < 4.78 is 0. The average molecular weight is 159 g/mol. The van der Waals surface area contributed by atoms with Crippen LogP contribution < -0.4 is 5.73 Å². The Balaban J connectivity index is -0.0000000800. The van der Waals surface area contributed by atoms with Crippen molar-refractivity contribution in [3.8, 4) is 0 Å². The molecule has 0 fully saturated rings. The van der Waals surface area contributed by atoms with Gasteiger partial charge in [0.15, 0.2) is 0 Å². The molecule has 0 saturated heterocycles. The van der Waals surface area contributed by atoms with Crippen LogP contribution in [0.4, 0.5) is 0 Å². The molecule has 0 unspecified atom stereocenters. The van der Waals surface area contributed by atoms with Crippen LogP contribution in [-0.4, -0.2) is 93.1 Å². The molecule has 3 N–H and O–H groups in total. The fraction of sp³-hybridized carbons (Fsp3) is 0.500. The van der Waals surface area contributed by atoms with Gasteiger partial charge in [-0.1, -0.05) is 0 Å². The van der Waals surface area contributed by atoms with E-state index in [1.165, 1.54) is 0 Å². The molecule has 7 heavy (non-hydrogen) atoms. The maximum absolute atomic E-state index is 9.24. The summed E-state index contributed by atoms with van der Waals surface area (Å²) in [7, 11) is 0. The van der Waals surface area contributed by atoms with Gasteiger partial charge in [-0.05, 0) is 0 Å². The van der Waals surface area contributed by atoms with E-state index in [4.69, 9.17) is 5.11 Å². The number of hydrogen-bond acceptors (Lipinski definition) is 2. The Bertz CT molecular complexity index is 49.0. The van der Waals surface area contributed by atoms with Gasteiger partial charge < -0.3 is 10.8 Å². The van der Waals surface area contributed by atoms with Gasteiger partial charge in [0.25, 0.3) is 0 Å². The van der Waals surface area contributed by atoms with Gasteiger partial charge in [0.05, 0.1) is 6.54 Å². The molecule has 0 heterocycles. The van der Waals surface area contributed by atoms with E-state index in [2.05, 4.69) is 5.73 Å². The van der Waals surface area contributed by atoms with Gasteiger partial charge in [-0.25, -0.2) is 0 Å². The van der Waals surface area contributed by atoms with Crippen LogP contribution in [0.5, 0.6) is 0 Å². The van der Waals surface area contributed by atoms with E-state index >= 15 is 0 Å². The first-order valence-corrected chi connectivity index (χ1v) is 1.19. The molecule has 0 aliphatic carbocycles. The van der Waals surface area contributed by atoms with Crippen LogP contribution in [0.2, 0.25) is 0 Å². The summed E-state index contributed by atoms with van der Waals surface area (Å²) in [6.07, 6.45) is 0. The van der Waals surface area contributed by atoms with E-state index in [1.807, 2.05) is 0 Å². The molecule has 0 aromatic carbocycles. The molecule has 0 radical (unpaired) electrons. The molecule has 0 bridgehead atoms. The van der Waals surface area contributed by atoms with Gasteiger partial charge in [-0.3, -0.25) is 4.79 Å². The summed E-state index contributed by atoms with van der Waals surface area (Å²) in [6, 6.07) is 0. The predicted octanol–water partition coefficient (Wildman–Crippen LogP) is -2.80. The number of carbonyl (C=O) groups is 1. The van der Waals surface area contributed by atoms with Crippen molar-refractivity contribution >= 4 is 81.4 Å². The molecule has 0 atom stereocenters. The maximum atomic E-state index is 9.24. The summed E-state index contributed by atoms with van der Waals surface area (Å²) >= 11 is 0. The monoisotopic (exact) mass is 159 g/mol. The molecule has 38 valence electrons. The molecule has 0 amide bonds. The van der Waals surface area contributed by atoms with Crippen molar-refractivity contribution < 1.29 is 9.90 Å². The molecule has 0 rings (SSSR count). The summed E-state index contributed by atoms with van der Waals surface area (Å²) in [6.45, 7) is -0.278. The number of aliphatic carboxylic acids is 1. The molecular weight excluding hydrogens is 150 g/mol. The summed E-state index contributed by atoms with van der Waals surface area (Å²) in [4.78, 5) is 9.24. The van der Waals surface area contributed by atoms with Crippen molar-refractivity contribution in [1.29, 1.82) is 0 Å². The van der Waals surface area contributed by atoms with Crippen molar-refractivity contribution in [1.82, 2.24) is 0 Å². The minimum absolute atomic E-state index is 0. The third-order valence-corrected chi connectivity index (χ3v) is 0.175. The number of rotatable bonds is 1. The first-order valence-electron chi connectivity index (χ1n) is 1.19. The topological polar surface area (TPSA) is 63.3 Å². The van der Waals surface area contributed by atoms with Crippen molar-refractivity contribution in [3.05, 3.63) is 0 Å². The summed E-state index contributed by atoms with van der Waals surface area (Å²) in [5.74, 6) is -0.968. The molecule has 5 heteroatoms. The van der Waals surface area contributed by atoms with Crippen LogP contribution in [0.25, 0.3) is 0 Å². The van der Waals surface area contributed by atoms with E-state index in [0.29, 0.717) is 0 Å². The van der Waals surface area contributed by atoms with Crippen LogP contribution in [0.15, 0.2) is 0 Å². The Morgan fingerprint density at radius 1 is 1.57 bits per heavy atom. The van der Waals surface area contributed by atoms with E-state index in [-0.39, 0.29) is 82.0 Å². The number of carboxylic acid groups (broad SMARTS) is 1. The first kappa shape index (κ1) is 16.0. The van der Waals surface area contributed by atoms with E-state index in [0.717, 1.165) is 0 Å². The van der Waals surface area contributed by atoms with Crippen LogP contribution >= 0.6 is 0 Å². The van der Waals surface area contributed by atoms with Crippen molar-refractivity contribution in [2.45, 2.75) is 0 Å². The molecule has 0 spiro atoms. The standard InChI is InChI=1S/C2H5NO2.2Ca.4H/c3-1-2(4)5;;;;;;/h1,3H2,(H,4,5);;;;;;. The van der Waals surface area contributed by atoms with Crippen LogP contribution in [-0.2, 0) is 4.79 Å². The Morgan fingerprint density at radius 3 is 1.71 bits per heavy atom. The van der Waals surface area contributed by atoms with Gasteiger partial charge in [-0.2, -0.15) is 0 Å². The molecule has 0 aromatic heterocycles. The fourth-order valence-electron chi connectivity index (χ4n) is 0. The molecule has 0 aromatic rings. The Kier molecular flexibility index (Phi) is 24.8. The molecular formula is C2H9Ca2NO2. The number of nitrogens with two attached hydrogens (primary N) is 1. The van der Waals surface area contributed by atoms with E-state index in [1.54, 1.807) is 0 Å². The van der Waals surface area contributed by atoms with Crippen molar-refractivity contribution in [2.75, 3.05) is 6.54 Å². The summed E-state index contributed by atoms with van der Waals surface area (Å²) in [5, 5.41) is 7.60. The van der Waals surface area contributed by atoms with E-state index in [9.17, 15) is 4.79 Å². The Morgan fingerprint density at radius 2 is 1.71 bits per heavy atom. The normalized spacial score (nSPS) is 5.29. The molecule has 0 aliphatic rings. The van der Waals surface area contributed by atoms with Crippen LogP contribution in [0.3, 0.4) is 0 Å². The van der Waals surface area contributed by atoms with Crippen molar-refractivity contribution in [2.24, 2.45) is 5.73 Å². The van der Waals surface area contributed by atoms with Gasteiger partial charge in [0, 0.05) is 0 Å². The van der Waals surface area contributed by atoms with Gasteiger partial charge in [0.1, 0.15) is 0 Å². The quantitative estimate of drug-likeness (QED) is 0.406. The Labute approximate surface area is 102 Å². The molecule has 3 nitrogen and oxygen atoms in total. The molecule has 0 aliphatic heterocycles. The second-order valence-electron chi connectivity index (χ2n) is 0.598. The SMILES string of the molecule is NCC(=O)O.[CaH2].[CaH2]. The van der Waals surface area contributed by atoms with Crippen LogP contribution in [0, 0.1) is 0 Å². The van der Waals surface area contributed by atoms with Gasteiger partial charge in [0.2, 0.25) is 0 Å². The molecule has 0 saturated carbocycles. The third-order valence-electron chi connectivity index (χ3n) is 0.175. The average Bonchev–Trinajstić information content (AvgIpc) is 1.38. The van der Waals surface area contributed by atoms with E-state index < -0.39 is 5.97 Å². The summed E-state index contributed by atoms with van der Waals surface area (Å²) in [5.41, 5.74) is 4.57. The zero-order valence-corrected chi connectivity index (χ0v) is 2.64. The number of hydrogen-bond donors (Lipinski definition) is 2. The van der Waals surface area contributed by atoms with Gasteiger partial charge in [-0.15, -0.1) is 0 Å². The first-order chi connectivity index (χ1) is 2.27. The van der Waals surface area contributed by atoms with Gasteiger partial charge >= 0.3 is 81.4 Å². The zero-order chi connectivity index (χ0) is 4.28. The fourth-order valence-corrected chi connectivity index (χ4v) is 0. The predicted molar refractivity (Wildman–Crippen MR) is 33.8 cm³/mol. The zero-order valence-electron chi connectivity index (χ0n) is 2.64. The van der Waals surface area contributed by atoms with Crippen molar-refractivity contribution in [3.63, 3.8) is 0 Å². The van der Waals surface area contributed by atoms with Crippen LogP contribution in [0.1, 0.15) is 0 Å². The second kappa shape index (κ2) is 10.8. The third kappa shape index (κ3) is 18.0. The second-order valence-corrected chi connectivity index (χ2v) is 0.598. The number of carboxylic acids is 1. The minimum atomic E-state index is -0.968.